The predicted molar refractivity (Wildman–Crippen MR) is 98.4 cm³/mol. The van der Waals surface area contributed by atoms with Gasteiger partial charge in [-0.2, -0.15) is 0 Å². The van der Waals surface area contributed by atoms with Crippen LogP contribution in [0, 0.1) is 0 Å². The second kappa shape index (κ2) is 12.9. The van der Waals surface area contributed by atoms with E-state index in [0.717, 1.165) is 51.7 Å². The first-order chi connectivity index (χ1) is 10.4. The minimum absolute atomic E-state index is 0.0360. The molecule has 0 spiro atoms. The van der Waals surface area contributed by atoms with Gasteiger partial charge in [-0.25, -0.2) is 0 Å². The molecule has 0 radical (unpaired) electrons. The molecule has 0 saturated heterocycles. The highest BCUT2D eigenvalue weighted by Crippen LogP contribution is 2.26. The Hall–Kier alpha value is 0.500. The Labute approximate surface area is 148 Å². The van der Waals surface area contributed by atoms with E-state index >= 15 is 0 Å². The number of hydrogen-bond acceptors (Lipinski definition) is 2. The lowest BCUT2D eigenvalue weighted by atomic mass is 9.93. The molecule has 0 amide bonds. The maximum Gasteiger partial charge on any atom is 0.0655 e. The Balaban J connectivity index is 4.10. The van der Waals surface area contributed by atoms with E-state index in [2.05, 4.69) is 27.7 Å². The summed E-state index contributed by atoms with van der Waals surface area (Å²) >= 11 is 11.5. The first kappa shape index (κ1) is 22.5. The van der Waals surface area contributed by atoms with Crippen LogP contribution in [0.25, 0.3) is 0 Å². The SMILES string of the molecule is CCCCC(C)(CCCOC(C)(C)CCCCl)OCCCCl. The lowest BCUT2D eigenvalue weighted by Crippen LogP contribution is -2.31. The Morgan fingerprint density at radius 3 is 1.91 bits per heavy atom. The van der Waals surface area contributed by atoms with Gasteiger partial charge in [-0.05, 0) is 59.3 Å². The quantitative estimate of drug-likeness (QED) is 0.258. The van der Waals surface area contributed by atoms with Crippen molar-refractivity contribution in [1.82, 2.24) is 0 Å². The summed E-state index contributed by atoms with van der Waals surface area (Å²) < 4.78 is 12.1. The molecule has 0 saturated carbocycles. The van der Waals surface area contributed by atoms with Crippen molar-refractivity contribution in [3.8, 4) is 0 Å². The van der Waals surface area contributed by atoms with Crippen LogP contribution < -0.4 is 0 Å². The summed E-state index contributed by atoms with van der Waals surface area (Å²) in [6, 6.07) is 0. The minimum atomic E-state index is -0.0752. The maximum absolute atomic E-state index is 6.11. The van der Waals surface area contributed by atoms with Crippen LogP contribution in [0.2, 0.25) is 0 Å². The molecule has 0 aromatic rings. The Bertz CT molecular complexity index is 259. The zero-order chi connectivity index (χ0) is 16.9. The molecule has 0 N–H and O–H groups in total. The average Bonchev–Trinajstić information content (AvgIpc) is 2.48. The highest BCUT2D eigenvalue weighted by atomic mass is 35.5. The van der Waals surface area contributed by atoms with E-state index < -0.39 is 0 Å². The van der Waals surface area contributed by atoms with Gasteiger partial charge < -0.3 is 9.47 Å². The van der Waals surface area contributed by atoms with Crippen molar-refractivity contribution in [2.24, 2.45) is 0 Å². The molecule has 0 aromatic heterocycles. The van der Waals surface area contributed by atoms with Gasteiger partial charge >= 0.3 is 0 Å². The van der Waals surface area contributed by atoms with Crippen LogP contribution in [0.5, 0.6) is 0 Å². The number of rotatable bonds is 15. The van der Waals surface area contributed by atoms with Gasteiger partial charge in [-0.3, -0.25) is 0 Å². The van der Waals surface area contributed by atoms with Crippen molar-refractivity contribution in [1.29, 1.82) is 0 Å². The molecule has 0 fully saturated rings. The molecule has 0 aliphatic carbocycles. The van der Waals surface area contributed by atoms with Gasteiger partial charge in [0.05, 0.1) is 11.2 Å². The molecule has 2 nitrogen and oxygen atoms in total. The molecule has 0 heterocycles. The number of unbranched alkanes of at least 4 members (excludes halogenated alkanes) is 1. The van der Waals surface area contributed by atoms with E-state index in [1.165, 1.54) is 12.8 Å². The van der Waals surface area contributed by atoms with Gasteiger partial charge in [0.1, 0.15) is 0 Å². The summed E-state index contributed by atoms with van der Waals surface area (Å²) in [6.07, 6.45) is 8.54. The molecule has 0 aromatic carbocycles. The summed E-state index contributed by atoms with van der Waals surface area (Å²) in [5, 5.41) is 0. The maximum atomic E-state index is 6.11. The summed E-state index contributed by atoms with van der Waals surface area (Å²) in [5.74, 6) is 1.37. The summed E-state index contributed by atoms with van der Waals surface area (Å²) in [6.45, 7) is 10.3. The van der Waals surface area contributed by atoms with Crippen LogP contribution in [-0.4, -0.2) is 36.2 Å². The number of alkyl halides is 2. The van der Waals surface area contributed by atoms with Crippen LogP contribution in [0.3, 0.4) is 0 Å². The van der Waals surface area contributed by atoms with Gasteiger partial charge in [0.15, 0.2) is 0 Å². The fourth-order valence-corrected chi connectivity index (χ4v) is 2.80. The van der Waals surface area contributed by atoms with Crippen LogP contribution >= 0.6 is 23.2 Å². The zero-order valence-corrected chi connectivity index (χ0v) is 16.6. The van der Waals surface area contributed by atoms with Gasteiger partial charge in [0, 0.05) is 25.0 Å². The first-order valence-corrected chi connectivity index (χ1v) is 9.86. The van der Waals surface area contributed by atoms with E-state index in [4.69, 9.17) is 32.7 Å². The Morgan fingerprint density at radius 2 is 1.32 bits per heavy atom. The van der Waals surface area contributed by atoms with Crippen molar-refractivity contribution in [3.05, 3.63) is 0 Å². The number of ether oxygens (including phenoxy) is 2. The second-order valence-electron chi connectivity index (χ2n) is 6.95. The number of hydrogen-bond donors (Lipinski definition) is 0. The Morgan fingerprint density at radius 1 is 0.727 bits per heavy atom. The topological polar surface area (TPSA) is 18.5 Å². The predicted octanol–water partition coefficient (Wildman–Crippen LogP) is 6.18. The van der Waals surface area contributed by atoms with Gasteiger partial charge in [0.2, 0.25) is 0 Å². The van der Waals surface area contributed by atoms with Crippen LogP contribution in [0.4, 0.5) is 0 Å². The van der Waals surface area contributed by atoms with E-state index in [0.29, 0.717) is 11.8 Å². The highest BCUT2D eigenvalue weighted by molar-refractivity contribution is 6.18. The molecule has 0 rings (SSSR count). The molecule has 1 atom stereocenters. The highest BCUT2D eigenvalue weighted by Gasteiger charge is 2.24. The van der Waals surface area contributed by atoms with Crippen molar-refractivity contribution in [2.45, 2.75) is 90.3 Å². The van der Waals surface area contributed by atoms with E-state index in [1.807, 2.05) is 0 Å². The smallest absolute Gasteiger partial charge is 0.0655 e. The molecule has 4 heteroatoms. The van der Waals surface area contributed by atoms with E-state index in [1.54, 1.807) is 0 Å². The number of halogens is 2. The van der Waals surface area contributed by atoms with Crippen LogP contribution in [0.1, 0.15) is 79.1 Å². The molecule has 0 aliphatic rings. The third kappa shape index (κ3) is 12.0. The molecule has 1 unspecified atom stereocenters. The molecule has 0 bridgehead atoms. The van der Waals surface area contributed by atoms with Crippen molar-refractivity contribution >= 4 is 23.2 Å². The molecule has 134 valence electrons. The first-order valence-electron chi connectivity index (χ1n) is 8.79. The van der Waals surface area contributed by atoms with E-state index in [9.17, 15) is 0 Å². The summed E-state index contributed by atoms with van der Waals surface area (Å²) in [4.78, 5) is 0. The van der Waals surface area contributed by atoms with E-state index in [-0.39, 0.29) is 11.2 Å². The molecule has 0 aliphatic heterocycles. The normalized spacial score (nSPS) is 15.0. The standard InChI is InChI=1S/C18H36Cl2O2/c1-5-6-11-18(4,22-16-9-14-20)12-8-15-21-17(2,3)10-7-13-19/h5-16H2,1-4H3. The summed E-state index contributed by atoms with van der Waals surface area (Å²) in [5.41, 5.74) is -0.111. The van der Waals surface area contributed by atoms with Crippen LogP contribution in [0.15, 0.2) is 0 Å². The van der Waals surface area contributed by atoms with Gasteiger partial charge in [-0.15, -0.1) is 23.2 Å². The molecule has 22 heavy (non-hydrogen) atoms. The lowest BCUT2D eigenvalue weighted by molar-refractivity contribution is -0.0629. The molecular formula is C18H36Cl2O2. The third-order valence-electron chi connectivity index (χ3n) is 4.04. The largest absolute Gasteiger partial charge is 0.376 e. The van der Waals surface area contributed by atoms with Gasteiger partial charge in [0.25, 0.3) is 0 Å². The fourth-order valence-electron chi connectivity index (χ4n) is 2.55. The van der Waals surface area contributed by atoms with Crippen molar-refractivity contribution in [3.63, 3.8) is 0 Å². The fraction of sp³-hybridized carbons (Fsp3) is 1.00. The minimum Gasteiger partial charge on any atom is -0.376 e. The Kier molecular flexibility index (Phi) is 13.2. The van der Waals surface area contributed by atoms with Crippen LogP contribution in [-0.2, 0) is 9.47 Å². The lowest BCUT2D eigenvalue weighted by Gasteiger charge is -2.31. The average molecular weight is 355 g/mol. The monoisotopic (exact) mass is 354 g/mol. The summed E-state index contributed by atoms with van der Waals surface area (Å²) in [7, 11) is 0. The van der Waals surface area contributed by atoms with Crippen molar-refractivity contribution in [2.75, 3.05) is 25.0 Å². The second-order valence-corrected chi connectivity index (χ2v) is 7.70. The van der Waals surface area contributed by atoms with Gasteiger partial charge in [-0.1, -0.05) is 19.8 Å². The zero-order valence-electron chi connectivity index (χ0n) is 15.1. The van der Waals surface area contributed by atoms with Crippen molar-refractivity contribution < 1.29 is 9.47 Å². The molecular weight excluding hydrogens is 319 g/mol. The third-order valence-corrected chi connectivity index (χ3v) is 4.58.